The van der Waals surface area contributed by atoms with Crippen molar-refractivity contribution in [2.24, 2.45) is 0 Å². The Bertz CT molecular complexity index is 738. The summed E-state index contributed by atoms with van der Waals surface area (Å²) in [6.45, 7) is 0. The average molecular weight is 298 g/mol. The molecule has 21 heavy (non-hydrogen) atoms. The SMILES string of the molecule is O=C(O)Cc1cnc(-c2ccccc2C(F)(F)F)[nH]c1=O. The van der Waals surface area contributed by atoms with Crippen molar-refractivity contribution in [3.63, 3.8) is 0 Å². The zero-order valence-electron chi connectivity index (χ0n) is 10.4. The fourth-order valence-corrected chi connectivity index (χ4v) is 1.78. The topological polar surface area (TPSA) is 83.0 Å². The number of hydrogen-bond donors (Lipinski definition) is 2. The third-order valence-electron chi connectivity index (χ3n) is 2.70. The molecule has 0 fully saturated rings. The largest absolute Gasteiger partial charge is 0.481 e. The maximum Gasteiger partial charge on any atom is 0.417 e. The van der Waals surface area contributed by atoms with E-state index in [-0.39, 0.29) is 17.0 Å². The molecular formula is C13H9F3N2O3. The van der Waals surface area contributed by atoms with Gasteiger partial charge < -0.3 is 10.1 Å². The number of nitrogens with zero attached hydrogens (tertiary/aromatic N) is 1. The summed E-state index contributed by atoms with van der Waals surface area (Å²) in [5.41, 5.74) is -2.11. The van der Waals surface area contributed by atoms with Crippen molar-refractivity contribution in [2.75, 3.05) is 0 Å². The first-order chi connectivity index (χ1) is 9.79. The molecule has 0 unspecified atom stereocenters. The van der Waals surface area contributed by atoms with E-state index in [4.69, 9.17) is 5.11 Å². The van der Waals surface area contributed by atoms with E-state index < -0.39 is 29.7 Å². The first-order valence-electron chi connectivity index (χ1n) is 5.75. The van der Waals surface area contributed by atoms with E-state index in [0.717, 1.165) is 12.3 Å². The molecule has 0 saturated carbocycles. The van der Waals surface area contributed by atoms with Crippen LogP contribution >= 0.6 is 0 Å². The monoisotopic (exact) mass is 298 g/mol. The summed E-state index contributed by atoms with van der Waals surface area (Å²) in [5, 5.41) is 8.60. The van der Waals surface area contributed by atoms with Crippen LogP contribution in [0.5, 0.6) is 0 Å². The molecule has 0 aliphatic carbocycles. The van der Waals surface area contributed by atoms with Crippen LogP contribution in [0.3, 0.4) is 0 Å². The van der Waals surface area contributed by atoms with E-state index in [0.29, 0.717) is 0 Å². The molecule has 2 aromatic rings. The summed E-state index contributed by atoms with van der Waals surface area (Å²) < 4.78 is 38.7. The molecular weight excluding hydrogens is 289 g/mol. The van der Waals surface area contributed by atoms with Crippen LogP contribution in [0.25, 0.3) is 11.4 Å². The lowest BCUT2D eigenvalue weighted by Gasteiger charge is -2.11. The van der Waals surface area contributed by atoms with Crippen molar-refractivity contribution < 1.29 is 23.1 Å². The molecule has 2 N–H and O–H groups in total. The summed E-state index contributed by atoms with van der Waals surface area (Å²) in [7, 11) is 0. The first-order valence-corrected chi connectivity index (χ1v) is 5.75. The standard InChI is InChI=1S/C13H9F3N2O3/c14-13(15,16)9-4-2-1-3-8(9)11-17-6-7(5-10(19)20)12(21)18-11/h1-4,6H,5H2,(H,19,20)(H,17,18,21). The second-order valence-electron chi connectivity index (χ2n) is 4.20. The molecule has 0 spiro atoms. The van der Waals surface area contributed by atoms with E-state index >= 15 is 0 Å². The predicted molar refractivity (Wildman–Crippen MR) is 66.6 cm³/mol. The van der Waals surface area contributed by atoms with Gasteiger partial charge in [-0.25, -0.2) is 4.98 Å². The van der Waals surface area contributed by atoms with Crippen molar-refractivity contribution in [3.05, 3.63) is 51.9 Å². The van der Waals surface area contributed by atoms with E-state index in [9.17, 15) is 22.8 Å². The van der Waals surface area contributed by atoms with E-state index in [1.54, 1.807) is 0 Å². The number of alkyl halides is 3. The lowest BCUT2D eigenvalue weighted by molar-refractivity contribution is -0.137. The lowest BCUT2D eigenvalue weighted by atomic mass is 10.1. The van der Waals surface area contributed by atoms with Gasteiger partial charge in [-0.15, -0.1) is 0 Å². The number of aromatic nitrogens is 2. The molecule has 110 valence electrons. The van der Waals surface area contributed by atoms with Crippen LogP contribution in [0.1, 0.15) is 11.1 Å². The highest BCUT2D eigenvalue weighted by molar-refractivity contribution is 5.70. The Kier molecular flexibility index (Phi) is 3.79. The number of H-pyrrole nitrogens is 1. The normalized spacial score (nSPS) is 11.4. The van der Waals surface area contributed by atoms with Crippen molar-refractivity contribution in [1.82, 2.24) is 9.97 Å². The van der Waals surface area contributed by atoms with Gasteiger partial charge in [0.05, 0.1) is 12.0 Å². The third kappa shape index (κ3) is 3.28. The first kappa shape index (κ1) is 14.8. The second kappa shape index (κ2) is 5.39. The van der Waals surface area contributed by atoms with Crippen LogP contribution in [-0.4, -0.2) is 21.0 Å². The number of halogens is 3. The van der Waals surface area contributed by atoms with Crippen molar-refractivity contribution in [1.29, 1.82) is 0 Å². The molecule has 1 aromatic heterocycles. The molecule has 8 heteroatoms. The molecule has 0 amide bonds. The highest BCUT2D eigenvalue weighted by Crippen LogP contribution is 2.35. The lowest BCUT2D eigenvalue weighted by Crippen LogP contribution is -2.18. The number of rotatable bonds is 3. The minimum absolute atomic E-state index is 0.129. The van der Waals surface area contributed by atoms with Crippen LogP contribution in [0.4, 0.5) is 13.2 Å². The molecule has 0 aliphatic heterocycles. The summed E-state index contributed by atoms with van der Waals surface area (Å²) in [4.78, 5) is 28.1. The Morgan fingerprint density at radius 3 is 2.52 bits per heavy atom. The van der Waals surface area contributed by atoms with E-state index in [1.807, 2.05) is 0 Å². The summed E-state index contributed by atoms with van der Waals surface area (Å²) >= 11 is 0. The number of carboxylic acids is 1. The molecule has 0 aliphatic rings. The molecule has 1 heterocycles. The minimum atomic E-state index is -4.59. The van der Waals surface area contributed by atoms with Crippen LogP contribution in [0.2, 0.25) is 0 Å². The quantitative estimate of drug-likeness (QED) is 0.908. The molecule has 0 radical (unpaired) electrons. The zero-order chi connectivity index (χ0) is 15.6. The molecule has 5 nitrogen and oxygen atoms in total. The number of nitrogens with one attached hydrogen (secondary N) is 1. The Labute approximate surface area is 116 Å². The molecule has 0 bridgehead atoms. The molecule has 0 atom stereocenters. The highest BCUT2D eigenvalue weighted by Gasteiger charge is 2.33. The van der Waals surface area contributed by atoms with Gasteiger partial charge in [-0.1, -0.05) is 18.2 Å². The molecule has 1 aromatic carbocycles. The highest BCUT2D eigenvalue weighted by atomic mass is 19.4. The number of hydrogen-bond acceptors (Lipinski definition) is 3. The third-order valence-corrected chi connectivity index (χ3v) is 2.70. The Hall–Kier alpha value is -2.64. The Morgan fingerprint density at radius 2 is 1.95 bits per heavy atom. The van der Waals surface area contributed by atoms with Crippen LogP contribution in [0, 0.1) is 0 Å². The van der Waals surface area contributed by atoms with Gasteiger partial charge in [-0.3, -0.25) is 9.59 Å². The number of aliphatic carboxylic acids is 1. The summed E-state index contributed by atoms with van der Waals surface area (Å²) in [6.07, 6.45) is -4.17. The maximum atomic E-state index is 12.9. The number of benzene rings is 1. The van der Waals surface area contributed by atoms with Gasteiger partial charge in [0.25, 0.3) is 5.56 Å². The van der Waals surface area contributed by atoms with Gasteiger partial charge in [-0.05, 0) is 6.07 Å². The Balaban J connectivity index is 2.52. The van der Waals surface area contributed by atoms with Crippen molar-refractivity contribution >= 4 is 5.97 Å². The van der Waals surface area contributed by atoms with Gasteiger partial charge in [-0.2, -0.15) is 13.2 Å². The maximum absolute atomic E-state index is 12.9. The molecule has 2 rings (SSSR count). The fourth-order valence-electron chi connectivity index (χ4n) is 1.78. The number of aromatic amines is 1. The smallest absolute Gasteiger partial charge is 0.417 e. The number of carbonyl (C=O) groups is 1. The van der Waals surface area contributed by atoms with Crippen molar-refractivity contribution in [3.8, 4) is 11.4 Å². The van der Waals surface area contributed by atoms with Crippen molar-refractivity contribution in [2.45, 2.75) is 12.6 Å². The van der Waals surface area contributed by atoms with Gasteiger partial charge >= 0.3 is 12.1 Å². The zero-order valence-corrected chi connectivity index (χ0v) is 10.4. The van der Waals surface area contributed by atoms with Crippen LogP contribution in [-0.2, 0) is 17.4 Å². The number of carboxylic acid groups (broad SMARTS) is 1. The van der Waals surface area contributed by atoms with Gasteiger partial charge in [0.15, 0.2) is 0 Å². The van der Waals surface area contributed by atoms with E-state index in [1.165, 1.54) is 18.2 Å². The van der Waals surface area contributed by atoms with Gasteiger partial charge in [0.1, 0.15) is 5.82 Å². The average Bonchev–Trinajstić information content (AvgIpc) is 2.40. The Morgan fingerprint density at radius 1 is 1.29 bits per heavy atom. The van der Waals surface area contributed by atoms with Gasteiger partial charge in [0.2, 0.25) is 0 Å². The summed E-state index contributed by atoms with van der Waals surface area (Å²) in [6, 6.07) is 4.66. The fraction of sp³-hybridized carbons (Fsp3) is 0.154. The van der Waals surface area contributed by atoms with Crippen LogP contribution < -0.4 is 5.56 Å². The van der Waals surface area contributed by atoms with E-state index in [2.05, 4.69) is 9.97 Å². The minimum Gasteiger partial charge on any atom is -0.481 e. The van der Waals surface area contributed by atoms with Gasteiger partial charge in [0, 0.05) is 17.3 Å². The molecule has 0 saturated heterocycles. The second-order valence-corrected chi connectivity index (χ2v) is 4.20. The van der Waals surface area contributed by atoms with Crippen LogP contribution in [0.15, 0.2) is 35.3 Å². The predicted octanol–water partition coefficient (Wildman–Crippen LogP) is 2.08. The summed E-state index contributed by atoms with van der Waals surface area (Å²) in [5.74, 6) is -1.49.